The Labute approximate surface area is 104 Å². The van der Waals surface area contributed by atoms with Crippen LogP contribution in [0.25, 0.3) is 0 Å². The summed E-state index contributed by atoms with van der Waals surface area (Å²) in [5.74, 6) is 0.0608. The van der Waals surface area contributed by atoms with E-state index in [0.717, 1.165) is 6.54 Å². The largest absolute Gasteiger partial charge is 0.396 e. The summed E-state index contributed by atoms with van der Waals surface area (Å²) in [4.78, 5) is 2.00. The summed E-state index contributed by atoms with van der Waals surface area (Å²) in [7, 11) is 0.694. The molecule has 0 fully saturated rings. The minimum absolute atomic E-state index is 0.0309. The second kappa shape index (κ2) is 9.78. The van der Waals surface area contributed by atoms with Crippen LogP contribution in [0.5, 0.6) is 0 Å². The van der Waals surface area contributed by atoms with Gasteiger partial charge in [0.25, 0.3) is 0 Å². The Morgan fingerprint density at radius 3 is 2.53 bits per heavy atom. The lowest BCUT2D eigenvalue weighted by atomic mass is 10.4. The van der Waals surface area contributed by atoms with E-state index < -0.39 is 10.0 Å². The van der Waals surface area contributed by atoms with Gasteiger partial charge in [-0.3, -0.25) is 0 Å². The van der Waals surface area contributed by atoms with Gasteiger partial charge in [0.2, 0.25) is 10.0 Å². The molecule has 0 aliphatic heterocycles. The van der Waals surface area contributed by atoms with E-state index in [9.17, 15) is 8.42 Å². The molecule has 0 aliphatic carbocycles. The van der Waals surface area contributed by atoms with E-state index >= 15 is 0 Å². The number of aliphatic hydroxyl groups excluding tert-OH is 1. The molecule has 17 heavy (non-hydrogen) atoms. The van der Waals surface area contributed by atoms with E-state index in [0.29, 0.717) is 32.6 Å². The smallest absolute Gasteiger partial charge is 0.211 e. The lowest BCUT2D eigenvalue weighted by Crippen LogP contribution is -2.30. The first-order valence-electron chi connectivity index (χ1n) is 5.78. The fourth-order valence-corrected chi connectivity index (χ4v) is 2.22. The molecule has 0 rings (SSSR count). The van der Waals surface area contributed by atoms with Crippen LogP contribution in [0.2, 0.25) is 0 Å². The molecule has 0 spiro atoms. The Balaban J connectivity index is 3.46. The maximum atomic E-state index is 11.4. The molecule has 0 aromatic heterocycles. The molecule has 0 bridgehead atoms. The summed E-state index contributed by atoms with van der Waals surface area (Å²) < 4.78 is 30.5. The number of nitrogens with zero attached hydrogens (tertiary/aromatic N) is 1. The van der Waals surface area contributed by atoms with Crippen LogP contribution >= 0.6 is 0 Å². The highest BCUT2D eigenvalue weighted by atomic mass is 32.2. The van der Waals surface area contributed by atoms with Crippen molar-refractivity contribution in [1.29, 1.82) is 0 Å². The Morgan fingerprint density at radius 1 is 1.24 bits per heavy atom. The zero-order valence-corrected chi connectivity index (χ0v) is 11.5. The highest BCUT2D eigenvalue weighted by Gasteiger charge is 2.08. The van der Waals surface area contributed by atoms with Crippen molar-refractivity contribution in [3.63, 3.8) is 0 Å². The van der Waals surface area contributed by atoms with Crippen molar-refractivity contribution in [3.05, 3.63) is 0 Å². The summed E-state index contributed by atoms with van der Waals surface area (Å²) in [6.07, 6.45) is 0.994. The zero-order chi connectivity index (χ0) is 13.1. The molecule has 2 N–H and O–H groups in total. The average Bonchev–Trinajstić information content (AvgIpc) is 2.23. The van der Waals surface area contributed by atoms with E-state index in [-0.39, 0.29) is 12.4 Å². The summed E-state index contributed by atoms with van der Waals surface area (Å²) >= 11 is 0. The molecule has 7 heteroatoms. The lowest BCUT2D eigenvalue weighted by Gasteiger charge is -2.10. The molecular weight excluding hydrogens is 244 g/mol. The van der Waals surface area contributed by atoms with Gasteiger partial charge >= 0.3 is 0 Å². The van der Waals surface area contributed by atoms with Gasteiger partial charge < -0.3 is 14.7 Å². The third kappa shape index (κ3) is 12.0. The Morgan fingerprint density at radius 2 is 1.94 bits per heavy atom. The topological polar surface area (TPSA) is 78.9 Å². The van der Waals surface area contributed by atoms with Gasteiger partial charge in [-0.05, 0) is 26.9 Å². The minimum Gasteiger partial charge on any atom is -0.396 e. The summed E-state index contributed by atoms with van der Waals surface area (Å²) in [6.45, 7) is 2.13. The molecule has 0 aliphatic rings. The van der Waals surface area contributed by atoms with E-state index in [4.69, 9.17) is 9.84 Å². The number of unbranched alkanes of at least 4 members (excludes halogenated alkanes) is 1. The monoisotopic (exact) mass is 268 g/mol. The molecule has 0 atom stereocenters. The van der Waals surface area contributed by atoms with Gasteiger partial charge in [-0.25, -0.2) is 13.1 Å². The van der Waals surface area contributed by atoms with Gasteiger partial charge in [0.1, 0.15) is 0 Å². The highest BCUT2D eigenvalue weighted by molar-refractivity contribution is 7.89. The second-order valence-electron chi connectivity index (χ2n) is 4.06. The maximum Gasteiger partial charge on any atom is 0.211 e. The Hall–Kier alpha value is -0.210. The highest BCUT2D eigenvalue weighted by Crippen LogP contribution is 1.93. The molecule has 0 heterocycles. The van der Waals surface area contributed by atoms with Gasteiger partial charge in [0.15, 0.2) is 0 Å². The molecule has 0 radical (unpaired) electrons. The van der Waals surface area contributed by atoms with Crippen molar-refractivity contribution in [2.24, 2.45) is 0 Å². The predicted octanol–water partition coefficient (Wildman–Crippen LogP) is -0.743. The maximum absolute atomic E-state index is 11.4. The van der Waals surface area contributed by atoms with Crippen LogP contribution < -0.4 is 4.72 Å². The molecular formula is C10H24N2O4S. The second-order valence-corrected chi connectivity index (χ2v) is 5.99. The molecule has 0 saturated heterocycles. The molecule has 0 saturated carbocycles. The van der Waals surface area contributed by atoms with E-state index in [1.165, 1.54) is 0 Å². The number of aliphatic hydroxyl groups is 1. The van der Waals surface area contributed by atoms with Crippen LogP contribution in [0.3, 0.4) is 0 Å². The van der Waals surface area contributed by atoms with Gasteiger partial charge in [-0.1, -0.05) is 0 Å². The van der Waals surface area contributed by atoms with Crippen LogP contribution in [-0.2, 0) is 14.8 Å². The number of hydrogen-bond donors (Lipinski definition) is 2. The summed E-state index contributed by atoms with van der Waals surface area (Å²) in [6, 6.07) is 0. The number of sulfonamides is 1. The van der Waals surface area contributed by atoms with Crippen LogP contribution in [0.15, 0.2) is 0 Å². The van der Waals surface area contributed by atoms with Crippen molar-refractivity contribution < 1.29 is 18.3 Å². The number of nitrogens with one attached hydrogen (secondary N) is 1. The van der Waals surface area contributed by atoms with Gasteiger partial charge in [0, 0.05) is 19.7 Å². The quantitative estimate of drug-likeness (QED) is 0.482. The van der Waals surface area contributed by atoms with Crippen molar-refractivity contribution in [2.75, 3.05) is 52.8 Å². The first kappa shape index (κ1) is 16.8. The summed E-state index contributed by atoms with van der Waals surface area (Å²) in [5.41, 5.74) is 0. The molecule has 6 nitrogen and oxygen atoms in total. The van der Waals surface area contributed by atoms with Crippen LogP contribution in [0, 0.1) is 0 Å². The minimum atomic E-state index is -3.21. The first-order chi connectivity index (χ1) is 7.98. The first-order valence-corrected chi connectivity index (χ1v) is 7.44. The Kier molecular flexibility index (Phi) is 9.66. The van der Waals surface area contributed by atoms with Gasteiger partial charge in [-0.2, -0.15) is 0 Å². The van der Waals surface area contributed by atoms with Crippen molar-refractivity contribution >= 4 is 10.0 Å². The fraction of sp³-hybridized carbons (Fsp3) is 1.00. The molecule has 0 unspecified atom stereocenters. The van der Waals surface area contributed by atoms with Crippen LogP contribution in [0.1, 0.15) is 12.8 Å². The van der Waals surface area contributed by atoms with Crippen molar-refractivity contribution in [3.8, 4) is 0 Å². The lowest BCUT2D eigenvalue weighted by molar-refractivity contribution is 0.122. The average molecular weight is 268 g/mol. The third-order valence-corrected chi connectivity index (χ3v) is 3.54. The number of likely N-dealkylation sites (N-methyl/N-ethyl adjacent to an activating group) is 1. The van der Waals surface area contributed by atoms with Crippen molar-refractivity contribution in [2.45, 2.75) is 12.8 Å². The zero-order valence-electron chi connectivity index (χ0n) is 10.7. The standard InChI is InChI=1S/C10H24N2O4S/c1-12(2)6-9-16-8-5-11-17(14,15)10-4-3-7-13/h11,13H,3-10H2,1-2H3. The number of rotatable bonds is 11. The van der Waals surface area contributed by atoms with Crippen LogP contribution in [0.4, 0.5) is 0 Å². The number of hydrogen-bond acceptors (Lipinski definition) is 5. The van der Waals surface area contributed by atoms with Crippen molar-refractivity contribution in [1.82, 2.24) is 9.62 Å². The molecule has 104 valence electrons. The van der Waals surface area contributed by atoms with Gasteiger partial charge in [-0.15, -0.1) is 0 Å². The summed E-state index contributed by atoms with van der Waals surface area (Å²) in [5, 5.41) is 8.54. The van der Waals surface area contributed by atoms with E-state index in [2.05, 4.69) is 4.72 Å². The molecule has 0 aromatic carbocycles. The van der Waals surface area contributed by atoms with Crippen LogP contribution in [-0.4, -0.2) is 71.2 Å². The Bertz CT molecular complexity index is 267. The SMILES string of the molecule is CN(C)CCOCCNS(=O)(=O)CCCCO. The third-order valence-electron chi connectivity index (χ3n) is 2.07. The normalized spacial score (nSPS) is 12.2. The molecule has 0 aromatic rings. The predicted molar refractivity (Wildman–Crippen MR) is 67.5 cm³/mol. The van der Waals surface area contributed by atoms with E-state index in [1.54, 1.807) is 0 Å². The van der Waals surface area contributed by atoms with Gasteiger partial charge in [0.05, 0.1) is 19.0 Å². The molecule has 0 amide bonds. The number of ether oxygens (including phenoxy) is 1. The fourth-order valence-electron chi connectivity index (χ4n) is 1.09. The van der Waals surface area contributed by atoms with E-state index in [1.807, 2.05) is 19.0 Å².